The Morgan fingerprint density at radius 3 is 1.86 bits per heavy atom. The van der Waals surface area contributed by atoms with Crippen molar-refractivity contribution < 1.29 is 0 Å². The van der Waals surface area contributed by atoms with Gasteiger partial charge in [0.25, 0.3) is 0 Å². The van der Waals surface area contributed by atoms with Crippen molar-refractivity contribution in [2.75, 3.05) is 0 Å². The van der Waals surface area contributed by atoms with Gasteiger partial charge in [-0.25, -0.2) is 0 Å². The summed E-state index contributed by atoms with van der Waals surface area (Å²) in [4.78, 5) is 0. The first-order chi connectivity index (χ1) is 10.1. The molecule has 120 valence electrons. The van der Waals surface area contributed by atoms with E-state index in [9.17, 15) is 0 Å². The fourth-order valence-corrected chi connectivity index (χ4v) is 5.90. The third kappa shape index (κ3) is 1.54. The summed E-state index contributed by atoms with van der Waals surface area (Å²) >= 11 is 0. The Bertz CT molecular complexity index is 644. The topological polar surface area (TPSA) is 0 Å². The van der Waals surface area contributed by atoms with Crippen molar-refractivity contribution in [3.05, 3.63) is 46.5 Å². The molecule has 0 saturated heterocycles. The SMILES string of the molecule is CC(C)C1=C(C(C)C)[C@@]2(C)C(C)(C)c3ccccc3[C@@]2(C)C1. The quantitative estimate of drug-likeness (QED) is 0.565. The molecular formula is C22H32. The van der Waals surface area contributed by atoms with E-state index in [4.69, 9.17) is 0 Å². The molecule has 0 nitrogen and oxygen atoms in total. The lowest BCUT2D eigenvalue weighted by atomic mass is 9.55. The lowest BCUT2D eigenvalue weighted by Crippen LogP contribution is -2.45. The molecule has 0 radical (unpaired) electrons. The van der Waals surface area contributed by atoms with Gasteiger partial charge in [-0.1, -0.05) is 90.8 Å². The van der Waals surface area contributed by atoms with Gasteiger partial charge in [-0.3, -0.25) is 0 Å². The van der Waals surface area contributed by atoms with Crippen LogP contribution >= 0.6 is 0 Å². The second-order valence-corrected chi connectivity index (χ2v) is 9.05. The largest absolute Gasteiger partial charge is 0.0667 e. The van der Waals surface area contributed by atoms with Gasteiger partial charge in [0.2, 0.25) is 0 Å². The predicted molar refractivity (Wildman–Crippen MR) is 96.2 cm³/mol. The maximum Gasteiger partial charge on any atom is 0.00778 e. The van der Waals surface area contributed by atoms with Crippen LogP contribution in [0.4, 0.5) is 0 Å². The lowest BCUT2D eigenvalue weighted by Gasteiger charge is -2.48. The zero-order valence-corrected chi connectivity index (χ0v) is 15.7. The summed E-state index contributed by atoms with van der Waals surface area (Å²) < 4.78 is 0. The van der Waals surface area contributed by atoms with E-state index in [1.165, 1.54) is 6.42 Å². The molecule has 0 heteroatoms. The zero-order valence-electron chi connectivity index (χ0n) is 15.7. The van der Waals surface area contributed by atoms with Crippen LogP contribution < -0.4 is 0 Å². The number of hydrogen-bond acceptors (Lipinski definition) is 0. The summed E-state index contributed by atoms with van der Waals surface area (Å²) in [6.07, 6.45) is 1.23. The van der Waals surface area contributed by atoms with Crippen molar-refractivity contribution in [2.24, 2.45) is 17.3 Å². The van der Waals surface area contributed by atoms with Crippen LogP contribution in [-0.4, -0.2) is 0 Å². The van der Waals surface area contributed by atoms with Crippen LogP contribution in [0.1, 0.15) is 72.9 Å². The average molecular weight is 296 g/mol. The van der Waals surface area contributed by atoms with E-state index in [-0.39, 0.29) is 16.2 Å². The van der Waals surface area contributed by atoms with Crippen molar-refractivity contribution in [1.29, 1.82) is 0 Å². The Kier molecular flexibility index (Phi) is 3.24. The van der Waals surface area contributed by atoms with E-state index in [1.54, 1.807) is 22.3 Å². The number of benzene rings is 1. The number of hydrogen-bond donors (Lipinski definition) is 0. The van der Waals surface area contributed by atoms with E-state index in [2.05, 4.69) is 79.7 Å². The van der Waals surface area contributed by atoms with Gasteiger partial charge in [0.1, 0.15) is 0 Å². The van der Waals surface area contributed by atoms with Crippen molar-refractivity contribution in [1.82, 2.24) is 0 Å². The third-order valence-electron chi connectivity index (χ3n) is 7.25. The van der Waals surface area contributed by atoms with Gasteiger partial charge in [-0.15, -0.1) is 0 Å². The Morgan fingerprint density at radius 2 is 1.36 bits per heavy atom. The molecule has 3 rings (SSSR count). The van der Waals surface area contributed by atoms with Crippen LogP contribution in [0.15, 0.2) is 35.4 Å². The fraction of sp³-hybridized carbons (Fsp3) is 0.636. The molecule has 0 aromatic heterocycles. The summed E-state index contributed by atoms with van der Waals surface area (Å²) in [5.74, 6) is 1.28. The summed E-state index contributed by atoms with van der Waals surface area (Å²) in [6.45, 7) is 19.6. The molecule has 2 atom stereocenters. The molecule has 1 aromatic rings. The average Bonchev–Trinajstić information content (AvgIpc) is 2.76. The molecule has 0 aliphatic heterocycles. The number of allylic oxidation sites excluding steroid dienone is 2. The Hall–Kier alpha value is -1.04. The minimum absolute atomic E-state index is 0.189. The molecule has 2 aliphatic rings. The molecule has 0 spiro atoms. The fourth-order valence-electron chi connectivity index (χ4n) is 5.90. The molecule has 0 unspecified atom stereocenters. The highest BCUT2D eigenvalue weighted by atomic mass is 14.7. The van der Waals surface area contributed by atoms with Crippen LogP contribution in [0.25, 0.3) is 0 Å². The van der Waals surface area contributed by atoms with Crippen molar-refractivity contribution in [3.8, 4) is 0 Å². The van der Waals surface area contributed by atoms with Crippen molar-refractivity contribution >= 4 is 0 Å². The highest BCUT2D eigenvalue weighted by Gasteiger charge is 2.66. The summed E-state index contributed by atoms with van der Waals surface area (Å²) in [5.41, 5.74) is 7.28. The van der Waals surface area contributed by atoms with E-state index in [1.807, 2.05) is 0 Å². The van der Waals surface area contributed by atoms with E-state index < -0.39 is 0 Å². The number of rotatable bonds is 2. The molecule has 0 fully saturated rings. The first kappa shape index (κ1) is 15.8. The van der Waals surface area contributed by atoms with Gasteiger partial charge in [0.05, 0.1) is 0 Å². The Morgan fingerprint density at radius 1 is 0.818 bits per heavy atom. The number of fused-ring (bicyclic) bond motifs is 3. The van der Waals surface area contributed by atoms with Gasteiger partial charge < -0.3 is 0 Å². The summed E-state index contributed by atoms with van der Waals surface area (Å²) in [5, 5.41) is 0. The van der Waals surface area contributed by atoms with Crippen LogP contribution in [-0.2, 0) is 10.8 Å². The molecule has 1 aromatic carbocycles. The minimum atomic E-state index is 0.189. The van der Waals surface area contributed by atoms with Crippen LogP contribution in [0.2, 0.25) is 0 Å². The summed E-state index contributed by atoms with van der Waals surface area (Å²) in [7, 11) is 0. The van der Waals surface area contributed by atoms with E-state index >= 15 is 0 Å². The van der Waals surface area contributed by atoms with Gasteiger partial charge in [0, 0.05) is 10.8 Å². The second kappa shape index (κ2) is 4.49. The van der Waals surface area contributed by atoms with Gasteiger partial charge in [-0.05, 0) is 34.8 Å². The Balaban J connectivity index is 2.35. The third-order valence-corrected chi connectivity index (χ3v) is 7.25. The standard InChI is InChI=1S/C22H32/c1-14(2)16-13-21(7)18-12-10-9-11-17(18)20(5,6)22(21,8)19(16)15(3)4/h9-12,14-15H,13H2,1-8H3/t21-,22+/m1/s1. The molecular weight excluding hydrogens is 264 g/mol. The Labute approximate surface area is 137 Å². The maximum absolute atomic E-state index is 2.55. The van der Waals surface area contributed by atoms with Crippen LogP contribution in [0.3, 0.4) is 0 Å². The normalized spacial score (nSPS) is 32.8. The van der Waals surface area contributed by atoms with Gasteiger partial charge >= 0.3 is 0 Å². The molecule has 0 bridgehead atoms. The maximum atomic E-state index is 2.55. The minimum Gasteiger partial charge on any atom is -0.0667 e. The van der Waals surface area contributed by atoms with Crippen molar-refractivity contribution in [3.63, 3.8) is 0 Å². The van der Waals surface area contributed by atoms with Crippen LogP contribution in [0, 0.1) is 17.3 Å². The highest BCUT2D eigenvalue weighted by molar-refractivity contribution is 5.58. The molecule has 0 heterocycles. The smallest absolute Gasteiger partial charge is 0.00778 e. The predicted octanol–water partition coefficient (Wildman–Crippen LogP) is 6.25. The van der Waals surface area contributed by atoms with Crippen molar-refractivity contribution in [2.45, 2.75) is 72.6 Å². The molecule has 0 saturated carbocycles. The second-order valence-electron chi connectivity index (χ2n) is 9.05. The first-order valence-corrected chi connectivity index (χ1v) is 8.92. The zero-order chi connectivity index (χ0) is 16.5. The highest BCUT2D eigenvalue weighted by Crippen LogP contribution is 2.72. The monoisotopic (exact) mass is 296 g/mol. The molecule has 2 aliphatic carbocycles. The van der Waals surface area contributed by atoms with E-state index in [0.717, 1.165) is 0 Å². The summed E-state index contributed by atoms with van der Waals surface area (Å²) in [6, 6.07) is 9.21. The first-order valence-electron chi connectivity index (χ1n) is 8.92. The van der Waals surface area contributed by atoms with Crippen LogP contribution in [0.5, 0.6) is 0 Å². The molecule has 22 heavy (non-hydrogen) atoms. The molecule has 0 amide bonds. The lowest BCUT2D eigenvalue weighted by molar-refractivity contribution is 0.142. The molecule has 0 N–H and O–H groups in total. The van der Waals surface area contributed by atoms with Gasteiger partial charge in [0.15, 0.2) is 0 Å². The van der Waals surface area contributed by atoms with Gasteiger partial charge in [-0.2, -0.15) is 0 Å². The van der Waals surface area contributed by atoms with E-state index in [0.29, 0.717) is 11.8 Å².